The number of carbonyl (C=O) groups excluding carboxylic acids is 1. The van der Waals surface area contributed by atoms with E-state index in [2.05, 4.69) is 24.3 Å². The first-order chi connectivity index (χ1) is 9.09. The minimum Gasteiger partial charge on any atom is -0.283 e. The highest BCUT2D eigenvalue weighted by Gasteiger charge is 2.19. The molecular weight excluding hydrogens is 236 g/mol. The lowest BCUT2D eigenvalue weighted by Gasteiger charge is -2.22. The van der Waals surface area contributed by atoms with Gasteiger partial charge in [0.2, 0.25) is 5.91 Å². The molecule has 3 heteroatoms. The first kappa shape index (κ1) is 14.1. The van der Waals surface area contributed by atoms with Crippen LogP contribution in [-0.2, 0) is 4.79 Å². The zero-order valence-electron chi connectivity index (χ0n) is 11.9. The fourth-order valence-electron chi connectivity index (χ4n) is 2.94. The number of rotatable bonds is 3. The summed E-state index contributed by atoms with van der Waals surface area (Å²) in [5.74, 6) is 6.00. The Morgan fingerprint density at radius 3 is 2.32 bits per heavy atom. The summed E-state index contributed by atoms with van der Waals surface area (Å²) in [5, 5.41) is 1.17. The number of likely N-dealkylation sites (N-methyl/N-ethyl adjacent to an activating group) is 1. The molecule has 2 rings (SSSR count). The van der Waals surface area contributed by atoms with E-state index in [9.17, 15) is 4.79 Å². The van der Waals surface area contributed by atoms with Gasteiger partial charge in [-0.3, -0.25) is 9.80 Å². The predicted octanol–water partition coefficient (Wildman–Crippen LogP) is 3.17. The minimum atomic E-state index is -0.171. The topological polar surface area (TPSA) is 46.3 Å². The molecule has 0 bridgehead atoms. The van der Waals surface area contributed by atoms with E-state index < -0.39 is 0 Å². The van der Waals surface area contributed by atoms with E-state index in [1.807, 2.05) is 6.92 Å². The van der Waals surface area contributed by atoms with Gasteiger partial charge in [0.25, 0.3) is 0 Å². The summed E-state index contributed by atoms with van der Waals surface area (Å²) >= 11 is 0. The zero-order valence-corrected chi connectivity index (χ0v) is 11.9. The van der Waals surface area contributed by atoms with Crippen molar-refractivity contribution in [3.63, 3.8) is 0 Å². The highest BCUT2D eigenvalue weighted by Crippen LogP contribution is 2.33. The van der Waals surface area contributed by atoms with Gasteiger partial charge >= 0.3 is 0 Å². The Morgan fingerprint density at radius 1 is 1.21 bits per heavy atom. The molecule has 1 aliphatic carbocycles. The van der Waals surface area contributed by atoms with E-state index in [1.54, 1.807) is 7.05 Å². The molecule has 1 saturated carbocycles. The monoisotopic (exact) mass is 260 g/mol. The highest BCUT2D eigenvalue weighted by molar-refractivity contribution is 5.82. The summed E-state index contributed by atoms with van der Waals surface area (Å²) in [5.41, 5.74) is 2.46. The molecule has 1 aromatic carbocycles. The van der Waals surface area contributed by atoms with E-state index in [-0.39, 0.29) is 11.8 Å². The number of nitrogens with two attached hydrogens (primary N) is 1. The van der Waals surface area contributed by atoms with Gasteiger partial charge in [-0.05, 0) is 36.8 Å². The quantitative estimate of drug-likeness (QED) is 0.515. The summed E-state index contributed by atoms with van der Waals surface area (Å²) in [6.07, 6.45) is 6.68. The van der Waals surface area contributed by atoms with E-state index in [0.29, 0.717) is 5.92 Å². The molecule has 1 atom stereocenters. The number of benzene rings is 1. The van der Waals surface area contributed by atoms with Crippen LogP contribution < -0.4 is 5.84 Å². The Hall–Kier alpha value is -1.35. The van der Waals surface area contributed by atoms with Crippen LogP contribution in [-0.4, -0.2) is 18.0 Å². The largest absolute Gasteiger partial charge is 0.283 e. The molecule has 0 radical (unpaired) electrons. The number of hydrogen-bond acceptors (Lipinski definition) is 2. The minimum absolute atomic E-state index is 0.0505. The smallest absolute Gasteiger partial charge is 0.243 e. The predicted molar refractivity (Wildman–Crippen MR) is 77.6 cm³/mol. The molecule has 19 heavy (non-hydrogen) atoms. The maximum Gasteiger partial charge on any atom is 0.243 e. The summed E-state index contributed by atoms with van der Waals surface area (Å²) in [7, 11) is 1.59. The molecular formula is C16H24N2O. The van der Waals surface area contributed by atoms with Gasteiger partial charge in [-0.1, -0.05) is 43.5 Å². The summed E-state index contributed by atoms with van der Waals surface area (Å²) in [6.45, 7) is 1.90. The second-order valence-electron chi connectivity index (χ2n) is 5.67. The van der Waals surface area contributed by atoms with Crippen LogP contribution in [0.1, 0.15) is 62.0 Å². The SMILES string of the molecule is CC(C(=O)N(C)N)c1ccc(C2CCCCC2)cc1. The lowest BCUT2D eigenvalue weighted by atomic mass is 9.83. The van der Waals surface area contributed by atoms with Crippen LogP contribution in [0, 0.1) is 0 Å². The van der Waals surface area contributed by atoms with Crippen molar-refractivity contribution in [1.82, 2.24) is 5.01 Å². The first-order valence-corrected chi connectivity index (χ1v) is 7.21. The molecule has 104 valence electrons. The zero-order chi connectivity index (χ0) is 13.8. The van der Waals surface area contributed by atoms with Crippen molar-refractivity contribution in [1.29, 1.82) is 0 Å². The van der Waals surface area contributed by atoms with Gasteiger partial charge in [0.15, 0.2) is 0 Å². The standard InChI is InChI=1S/C16H24N2O/c1-12(16(19)18(2)17)13-8-10-15(11-9-13)14-6-4-3-5-7-14/h8-12,14H,3-7,17H2,1-2H3. The van der Waals surface area contributed by atoms with Crippen molar-refractivity contribution in [3.05, 3.63) is 35.4 Å². The van der Waals surface area contributed by atoms with E-state index in [1.165, 1.54) is 42.7 Å². The average Bonchev–Trinajstić information content (AvgIpc) is 2.46. The van der Waals surface area contributed by atoms with Gasteiger partial charge in [0.1, 0.15) is 0 Å². The molecule has 1 aromatic rings. The van der Waals surface area contributed by atoms with Crippen LogP contribution >= 0.6 is 0 Å². The lowest BCUT2D eigenvalue weighted by Crippen LogP contribution is -2.36. The maximum absolute atomic E-state index is 11.8. The van der Waals surface area contributed by atoms with Crippen LogP contribution in [0.4, 0.5) is 0 Å². The third-order valence-electron chi connectivity index (χ3n) is 4.23. The third-order valence-corrected chi connectivity index (χ3v) is 4.23. The highest BCUT2D eigenvalue weighted by atomic mass is 16.2. The van der Waals surface area contributed by atoms with Crippen LogP contribution in [0.5, 0.6) is 0 Å². The molecule has 1 amide bonds. The molecule has 0 saturated heterocycles. The third kappa shape index (κ3) is 3.35. The van der Waals surface area contributed by atoms with Crippen LogP contribution in [0.2, 0.25) is 0 Å². The van der Waals surface area contributed by atoms with Crippen LogP contribution in [0.3, 0.4) is 0 Å². The van der Waals surface area contributed by atoms with Crippen molar-refractivity contribution >= 4 is 5.91 Å². The first-order valence-electron chi connectivity index (χ1n) is 7.21. The van der Waals surface area contributed by atoms with E-state index >= 15 is 0 Å². The molecule has 0 heterocycles. The van der Waals surface area contributed by atoms with Crippen molar-refractivity contribution < 1.29 is 4.79 Å². The Labute approximate surface area is 115 Å². The van der Waals surface area contributed by atoms with Crippen LogP contribution in [0.15, 0.2) is 24.3 Å². The molecule has 3 nitrogen and oxygen atoms in total. The molecule has 0 aromatic heterocycles. The van der Waals surface area contributed by atoms with Crippen molar-refractivity contribution in [2.75, 3.05) is 7.05 Å². The van der Waals surface area contributed by atoms with Gasteiger partial charge in [-0.25, -0.2) is 5.84 Å². The van der Waals surface area contributed by atoms with Gasteiger partial charge in [0.05, 0.1) is 5.92 Å². The van der Waals surface area contributed by atoms with Gasteiger partial charge in [-0.15, -0.1) is 0 Å². The Bertz CT molecular complexity index is 419. The van der Waals surface area contributed by atoms with Crippen molar-refractivity contribution in [2.24, 2.45) is 5.84 Å². The fraction of sp³-hybridized carbons (Fsp3) is 0.562. The molecule has 1 aliphatic rings. The second-order valence-corrected chi connectivity index (χ2v) is 5.67. The fourth-order valence-corrected chi connectivity index (χ4v) is 2.94. The Morgan fingerprint density at radius 2 is 1.79 bits per heavy atom. The van der Waals surface area contributed by atoms with Gasteiger partial charge in [0, 0.05) is 7.05 Å². The second kappa shape index (κ2) is 6.20. The summed E-state index contributed by atoms with van der Waals surface area (Å²) in [4.78, 5) is 11.8. The lowest BCUT2D eigenvalue weighted by molar-refractivity contribution is -0.131. The normalized spacial score (nSPS) is 18.1. The number of nitrogens with zero attached hydrogens (tertiary/aromatic N) is 1. The van der Waals surface area contributed by atoms with E-state index in [4.69, 9.17) is 5.84 Å². The average molecular weight is 260 g/mol. The number of hydrazine groups is 1. The Balaban J connectivity index is 2.07. The summed E-state index contributed by atoms with van der Waals surface area (Å²) < 4.78 is 0. The van der Waals surface area contributed by atoms with Crippen LogP contribution in [0.25, 0.3) is 0 Å². The number of hydrogen-bond donors (Lipinski definition) is 1. The molecule has 0 spiro atoms. The molecule has 1 fully saturated rings. The molecule has 2 N–H and O–H groups in total. The Kier molecular flexibility index (Phi) is 4.59. The van der Waals surface area contributed by atoms with Crippen molar-refractivity contribution in [2.45, 2.75) is 50.9 Å². The number of amides is 1. The van der Waals surface area contributed by atoms with E-state index in [0.717, 1.165) is 5.56 Å². The van der Waals surface area contributed by atoms with Gasteiger partial charge < -0.3 is 0 Å². The van der Waals surface area contributed by atoms with Crippen molar-refractivity contribution in [3.8, 4) is 0 Å². The maximum atomic E-state index is 11.8. The number of carbonyl (C=O) groups is 1. The summed E-state index contributed by atoms with van der Waals surface area (Å²) in [6, 6.07) is 8.53. The van der Waals surface area contributed by atoms with Gasteiger partial charge in [-0.2, -0.15) is 0 Å². The molecule has 0 aliphatic heterocycles. The molecule has 1 unspecified atom stereocenters.